The predicted molar refractivity (Wildman–Crippen MR) is 110 cm³/mol. The van der Waals surface area contributed by atoms with Crippen LogP contribution in [0.15, 0.2) is 27.8 Å². The number of hydrogen-bond acceptors (Lipinski definition) is 6. The van der Waals surface area contributed by atoms with E-state index in [1.54, 1.807) is 0 Å². The minimum Gasteiger partial charge on any atom is -0.339 e. The van der Waals surface area contributed by atoms with Crippen LogP contribution in [0.5, 0.6) is 0 Å². The zero-order valence-electron chi connectivity index (χ0n) is 17.4. The summed E-state index contributed by atoms with van der Waals surface area (Å²) in [7, 11) is 0. The molecule has 1 aromatic heterocycles. The highest BCUT2D eigenvalue weighted by Crippen LogP contribution is 2.36. The van der Waals surface area contributed by atoms with Crippen LogP contribution in [0.2, 0.25) is 5.02 Å². The van der Waals surface area contributed by atoms with E-state index in [4.69, 9.17) is 16.1 Å². The van der Waals surface area contributed by atoms with Gasteiger partial charge in [-0.2, -0.15) is 18.2 Å². The number of carbonyl (C=O) groups is 2. The first kappa shape index (κ1) is 25.1. The normalized spacial score (nSPS) is 16.9. The Hall–Kier alpha value is -3.55. The summed E-state index contributed by atoms with van der Waals surface area (Å²) in [5, 5.41) is 5.88. The molecule has 0 fully saturated rings. The summed E-state index contributed by atoms with van der Waals surface area (Å²) in [6.07, 6.45) is -5.99. The molecule has 1 aliphatic rings. The van der Waals surface area contributed by atoms with Gasteiger partial charge in [0.2, 0.25) is 11.7 Å². The van der Waals surface area contributed by atoms with Gasteiger partial charge in [-0.15, -0.1) is 0 Å². The molecule has 2 unspecified atom stereocenters. The van der Waals surface area contributed by atoms with Crippen molar-refractivity contribution in [3.05, 3.63) is 40.6 Å². The molecule has 3 N–H and O–H groups in total. The van der Waals surface area contributed by atoms with Gasteiger partial charge in [0.1, 0.15) is 12.0 Å². The number of halogens is 6. The topological polar surface area (TPSA) is 122 Å². The van der Waals surface area contributed by atoms with Crippen LogP contribution in [-0.4, -0.2) is 46.2 Å². The zero-order chi connectivity index (χ0) is 25.2. The summed E-state index contributed by atoms with van der Waals surface area (Å²) in [5.74, 6) is -3.04. The summed E-state index contributed by atoms with van der Waals surface area (Å²) in [5.41, 5.74) is 2.89. The van der Waals surface area contributed by atoms with Crippen LogP contribution in [0.4, 0.5) is 26.7 Å². The Balaban J connectivity index is 1.80. The number of carbonyl (C=O) groups excluding carboxylic acids is 2. The van der Waals surface area contributed by atoms with E-state index in [1.807, 2.05) is 0 Å². The fraction of sp³-hybridized carbons (Fsp3) is 0.316. The Kier molecular flexibility index (Phi) is 7.19. The number of aryl methyl sites for hydroxylation is 1. The second-order valence-electron chi connectivity index (χ2n) is 7.10. The summed E-state index contributed by atoms with van der Waals surface area (Å²) >= 11 is 5.97. The van der Waals surface area contributed by atoms with E-state index in [1.165, 1.54) is 37.0 Å². The molecule has 0 spiro atoms. The van der Waals surface area contributed by atoms with Gasteiger partial charge in [-0.25, -0.2) is 19.0 Å². The summed E-state index contributed by atoms with van der Waals surface area (Å²) in [6, 6.07) is 0.148. The highest BCUT2D eigenvalue weighted by atomic mass is 35.5. The number of allylic oxidation sites excluding steroid dienone is 1. The molecule has 34 heavy (non-hydrogen) atoms. The van der Waals surface area contributed by atoms with Gasteiger partial charge in [0.05, 0.1) is 17.3 Å². The van der Waals surface area contributed by atoms with Crippen LogP contribution in [0.1, 0.15) is 24.8 Å². The van der Waals surface area contributed by atoms with Crippen molar-refractivity contribution in [3.8, 4) is 11.4 Å². The molecule has 9 nitrogen and oxygen atoms in total. The molecule has 0 saturated carbocycles. The molecule has 2 aromatic rings. The highest BCUT2D eigenvalue weighted by Gasteiger charge is 2.39. The van der Waals surface area contributed by atoms with Crippen LogP contribution >= 0.6 is 11.6 Å². The van der Waals surface area contributed by atoms with Crippen molar-refractivity contribution in [1.82, 2.24) is 26.3 Å². The van der Waals surface area contributed by atoms with E-state index in [0.717, 1.165) is 6.07 Å². The SMILES string of the molecule is Cc1nc(-c2c(F)cc(Cl)cc2C2=CN=C(C(C)NC(=O)NNC(=O)C(F)(F)F)C(F)C2)no1. The molecule has 0 aliphatic carbocycles. The van der Waals surface area contributed by atoms with Crippen LogP contribution in [0.25, 0.3) is 17.0 Å². The highest BCUT2D eigenvalue weighted by molar-refractivity contribution is 6.31. The van der Waals surface area contributed by atoms with Gasteiger partial charge in [-0.1, -0.05) is 16.8 Å². The maximum absolute atomic E-state index is 15.0. The lowest BCUT2D eigenvalue weighted by atomic mass is 9.91. The third-order valence-corrected chi connectivity index (χ3v) is 4.80. The average molecular weight is 507 g/mol. The second kappa shape index (κ2) is 9.75. The quantitative estimate of drug-likeness (QED) is 0.432. The van der Waals surface area contributed by atoms with Gasteiger partial charge >= 0.3 is 18.1 Å². The molecule has 3 amide bonds. The van der Waals surface area contributed by atoms with Crippen LogP contribution in [0, 0.1) is 12.7 Å². The van der Waals surface area contributed by atoms with Gasteiger partial charge in [0.15, 0.2) is 0 Å². The lowest BCUT2D eigenvalue weighted by Crippen LogP contribution is -2.54. The van der Waals surface area contributed by atoms with Gasteiger partial charge < -0.3 is 9.84 Å². The number of nitrogens with zero attached hydrogens (tertiary/aromatic N) is 3. The number of urea groups is 1. The smallest absolute Gasteiger partial charge is 0.339 e. The number of aromatic nitrogens is 2. The Morgan fingerprint density at radius 2 is 1.97 bits per heavy atom. The molecule has 15 heteroatoms. The summed E-state index contributed by atoms with van der Waals surface area (Å²) in [6.45, 7) is 2.85. The first-order valence-corrected chi connectivity index (χ1v) is 9.89. The van der Waals surface area contributed by atoms with E-state index < -0.39 is 36.1 Å². The molecule has 3 rings (SSSR count). The molecule has 0 radical (unpaired) electrons. The minimum absolute atomic E-state index is 0.0372. The van der Waals surface area contributed by atoms with Gasteiger partial charge in [0, 0.05) is 24.6 Å². The molecule has 1 aromatic carbocycles. The van der Waals surface area contributed by atoms with Crippen molar-refractivity contribution >= 4 is 34.8 Å². The Morgan fingerprint density at radius 1 is 1.26 bits per heavy atom. The number of amides is 3. The largest absolute Gasteiger partial charge is 0.472 e. The van der Waals surface area contributed by atoms with Crippen molar-refractivity contribution in [2.45, 2.75) is 38.7 Å². The number of hydrogen-bond donors (Lipinski definition) is 3. The molecule has 2 atom stereocenters. The van der Waals surface area contributed by atoms with Crippen LogP contribution in [-0.2, 0) is 4.79 Å². The lowest BCUT2D eigenvalue weighted by molar-refractivity contribution is -0.174. The first-order valence-electron chi connectivity index (χ1n) is 9.51. The third kappa shape index (κ3) is 5.68. The number of rotatable bonds is 4. The number of aliphatic imine (C=N–C) groups is 1. The van der Waals surface area contributed by atoms with E-state index in [-0.39, 0.29) is 45.6 Å². The van der Waals surface area contributed by atoms with Crippen molar-refractivity contribution in [2.75, 3.05) is 0 Å². The van der Waals surface area contributed by atoms with E-state index >= 15 is 0 Å². The number of hydrazine groups is 1. The molecule has 1 aliphatic heterocycles. The standard InChI is InChI=1S/C19H16ClF5N6O3/c1-7(27-18(33)30-29-17(32)19(23,24)25)15-13(22)3-9(6-26-15)11-4-10(20)5-12(21)14(11)16-28-8(2)34-31-16/h4-7,13H,3H2,1-2H3,(H,29,32)(H2,27,30,33). The van der Waals surface area contributed by atoms with Crippen molar-refractivity contribution in [2.24, 2.45) is 4.99 Å². The minimum atomic E-state index is -5.20. The molecular formula is C19H16ClF5N6O3. The Morgan fingerprint density at radius 3 is 2.56 bits per heavy atom. The van der Waals surface area contributed by atoms with E-state index in [2.05, 4.69) is 20.4 Å². The van der Waals surface area contributed by atoms with Gasteiger partial charge in [-0.3, -0.25) is 15.2 Å². The lowest BCUT2D eigenvalue weighted by Gasteiger charge is -2.24. The second-order valence-corrected chi connectivity index (χ2v) is 7.54. The monoisotopic (exact) mass is 506 g/mol. The maximum Gasteiger partial charge on any atom is 0.472 e. The number of nitrogens with one attached hydrogen (secondary N) is 3. The molecule has 0 bridgehead atoms. The zero-order valence-corrected chi connectivity index (χ0v) is 18.2. The number of alkyl halides is 4. The summed E-state index contributed by atoms with van der Waals surface area (Å²) < 4.78 is 71.0. The third-order valence-electron chi connectivity index (χ3n) is 4.58. The van der Waals surface area contributed by atoms with Crippen molar-refractivity contribution in [3.63, 3.8) is 0 Å². The fourth-order valence-electron chi connectivity index (χ4n) is 3.09. The Labute approximate surface area is 193 Å². The average Bonchev–Trinajstić information content (AvgIpc) is 3.16. The molecular weight excluding hydrogens is 491 g/mol. The van der Waals surface area contributed by atoms with E-state index in [0.29, 0.717) is 0 Å². The van der Waals surface area contributed by atoms with E-state index in [9.17, 15) is 31.5 Å². The Bertz CT molecular complexity index is 1180. The van der Waals surface area contributed by atoms with Crippen molar-refractivity contribution < 1.29 is 36.1 Å². The molecule has 2 heterocycles. The maximum atomic E-state index is 15.0. The van der Waals surface area contributed by atoms with Crippen LogP contribution in [0.3, 0.4) is 0 Å². The molecule has 0 saturated heterocycles. The van der Waals surface area contributed by atoms with Crippen LogP contribution < -0.4 is 16.2 Å². The first-order chi connectivity index (χ1) is 15.9. The van der Waals surface area contributed by atoms with Gasteiger partial charge in [-0.05, 0) is 30.2 Å². The summed E-state index contributed by atoms with van der Waals surface area (Å²) in [4.78, 5) is 30.4. The number of benzene rings is 1. The van der Waals surface area contributed by atoms with Gasteiger partial charge in [0.25, 0.3) is 0 Å². The fourth-order valence-corrected chi connectivity index (χ4v) is 3.30. The predicted octanol–water partition coefficient (Wildman–Crippen LogP) is 3.64. The van der Waals surface area contributed by atoms with Crippen molar-refractivity contribution in [1.29, 1.82) is 0 Å². The molecule has 182 valence electrons.